The largest absolute Gasteiger partial charge is 0.493 e. The molecule has 0 atom stereocenters. The molecule has 0 radical (unpaired) electrons. The highest BCUT2D eigenvalue weighted by molar-refractivity contribution is 5.92. The van der Waals surface area contributed by atoms with Crippen molar-refractivity contribution in [2.75, 3.05) is 25.2 Å². The zero-order valence-corrected chi connectivity index (χ0v) is 22.7. The first-order chi connectivity index (χ1) is 19.8. The molecule has 0 unspecified atom stereocenters. The number of carbonyl (C=O) groups is 1. The minimum atomic E-state index is -1.28. The molecule has 2 aromatic heterocycles. The number of fused-ring (bicyclic) bond motifs is 1. The minimum Gasteiger partial charge on any atom is -0.493 e. The van der Waals surface area contributed by atoms with Gasteiger partial charge in [0, 0.05) is 35.3 Å². The molecule has 2 aromatic carbocycles. The van der Waals surface area contributed by atoms with Crippen LogP contribution in [0, 0.1) is 17.8 Å². The van der Waals surface area contributed by atoms with Gasteiger partial charge in [-0.05, 0) is 54.7 Å². The highest BCUT2D eigenvalue weighted by Crippen LogP contribution is 2.35. The average molecular weight is 554 g/mol. The van der Waals surface area contributed by atoms with E-state index in [0.717, 1.165) is 24.0 Å². The van der Waals surface area contributed by atoms with Gasteiger partial charge in [-0.15, -0.1) is 0 Å². The Hall–Kier alpha value is -5.04. The van der Waals surface area contributed by atoms with Crippen molar-refractivity contribution in [2.45, 2.75) is 38.5 Å². The van der Waals surface area contributed by atoms with Gasteiger partial charge in [0.2, 0.25) is 11.4 Å². The van der Waals surface area contributed by atoms with E-state index in [9.17, 15) is 14.7 Å². The van der Waals surface area contributed by atoms with E-state index in [-0.39, 0.29) is 16.9 Å². The number of nitrogens with zero attached hydrogens (tertiary/aromatic N) is 2. The van der Waals surface area contributed by atoms with E-state index in [1.54, 1.807) is 31.5 Å². The first-order valence-corrected chi connectivity index (χ1v) is 13.4. The predicted octanol–water partition coefficient (Wildman–Crippen LogP) is 4.14. The van der Waals surface area contributed by atoms with Crippen molar-refractivity contribution in [3.63, 3.8) is 0 Å². The Kier molecular flexibility index (Phi) is 8.06. The first kappa shape index (κ1) is 27.5. The van der Waals surface area contributed by atoms with Crippen LogP contribution in [-0.2, 0) is 6.42 Å². The van der Waals surface area contributed by atoms with Gasteiger partial charge >= 0.3 is 5.97 Å². The summed E-state index contributed by atoms with van der Waals surface area (Å²) in [5, 5.41) is 9.52. The lowest BCUT2D eigenvalue weighted by atomic mass is 9.90. The molecule has 0 amide bonds. The Morgan fingerprint density at radius 3 is 2.68 bits per heavy atom. The number of benzene rings is 2. The predicted molar refractivity (Wildman–Crippen MR) is 156 cm³/mol. The molecule has 5 rings (SSSR count). The number of rotatable bonds is 7. The molecule has 4 aromatic rings. The molecule has 1 saturated carbocycles. The zero-order chi connectivity index (χ0) is 28.9. The number of methoxy groups -OCH3 is 1. The second-order valence-corrected chi connectivity index (χ2v) is 10.2. The summed E-state index contributed by atoms with van der Waals surface area (Å²) in [5.74, 6) is 7.12. The van der Waals surface area contributed by atoms with Gasteiger partial charge < -0.3 is 31.0 Å². The van der Waals surface area contributed by atoms with Gasteiger partial charge in [-0.2, -0.15) is 4.98 Å². The van der Waals surface area contributed by atoms with E-state index >= 15 is 0 Å². The summed E-state index contributed by atoms with van der Waals surface area (Å²) in [7, 11) is 1.59. The number of carboxylic acids is 1. The van der Waals surface area contributed by atoms with Crippen LogP contribution in [0.5, 0.6) is 11.5 Å². The molecule has 1 aliphatic carbocycles. The smallest absolute Gasteiger partial charge is 0.341 e. The molecule has 10 heteroatoms. The number of nitrogen functional groups attached to an aromatic ring is 2. The van der Waals surface area contributed by atoms with E-state index in [0.29, 0.717) is 52.9 Å². The van der Waals surface area contributed by atoms with Crippen LogP contribution in [0.25, 0.3) is 10.9 Å². The maximum atomic E-state index is 12.5. The van der Waals surface area contributed by atoms with Gasteiger partial charge in [-0.3, -0.25) is 4.79 Å². The quantitative estimate of drug-likeness (QED) is 0.246. The lowest BCUT2D eigenvalue weighted by Gasteiger charge is -2.23. The van der Waals surface area contributed by atoms with Crippen molar-refractivity contribution in [1.29, 1.82) is 0 Å². The number of aromatic nitrogens is 3. The van der Waals surface area contributed by atoms with E-state index in [1.807, 2.05) is 12.1 Å². The summed E-state index contributed by atoms with van der Waals surface area (Å²) < 4.78 is 12.1. The van der Waals surface area contributed by atoms with Crippen molar-refractivity contribution in [1.82, 2.24) is 15.0 Å². The highest BCUT2D eigenvalue weighted by Gasteiger charge is 2.19. The van der Waals surface area contributed by atoms with Crippen LogP contribution in [0.4, 0.5) is 11.8 Å². The molecule has 1 fully saturated rings. The Balaban J connectivity index is 1.53. The average Bonchev–Trinajstić information content (AvgIpc) is 2.97. The van der Waals surface area contributed by atoms with Crippen molar-refractivity contribution in [3.05, 3.63) is 80.8 Å². The highest BCUT2D eigenvalue weighted by atomic mass is 16.5. The van der Waals surface area contributed by atoms with Crippen LogP contribution in [0.3, 0.4) is 0 Å². The summed E-state index contributed by atoms with van der Waals surface area (Å²) >= 11 is 0. The molecule has 210 valence electrons. The lowest BCUT2D eigenvalue weighted by molar-refractivity contribution is 0.0695. The summed E-state index contributed by atoms with van der Waals surface area (Å²) in [5.41, 5.74) is 14.2. The molecule has 0 aliphatic heterocycles. The number of aromatic carboxylic acids is 1. The molecule has 41 heavy (non-hydrogen) atoms. The fourth-order valence-corrected chi connectivity index (χ4v) is 5.10. The molecule has 0 spiro atoms. The Morgan fingerprint density at radius 2 is 1.95 bits per heavy atom. The second-order valence-electron chi connectivity index (χ2n) is 10.2. The van der Waals surface area contributed by atoms with Gasteiger partial charge in [0.15, 0.2) is 11.5 Å². The molecule has 0 saturated heterocycles. The molecule has 2 heterocycles. The maximum Gasteiger partial charge on any atom is 0.341 e. The number of aromatic amines is 1. The summed E-state index contributed by atoms with van der Waals surface area (Å²) in [6.45, 7) is 0.576. The van der Waals surface area contributed by atoms with Crippen molar-refractivity contribution >= 4 is 28.6 Å². The fourth-order valence-electron chi connectivity index (χ4n) is 5.10. The van der Waals surface area contributed by atoms with Gasteiger partial charge in [0.1, 0.15) is 11.4 Å². The molecular weight excluding hydrogens is 522 g/mol. The number of ether oxygens (including phenoxy) is 2. The summed E-state index contributed by atoms with van der Waals surface area (Å²) in [6.07, 6.45) is 9.19. The maximum absolute atomic E-state index is 12.5. The second kappa shape index (κ2) is 12.0. The van der Waals surface area contributed by atoms with E-state index in [4.69, 9.17) is 20.9 Å². The van der Waals surface area contributed by atoms with Gasteiger partial charge in [-0.1, -0.05) is 31.1 Å². The molecular formula is C31H31N5O5. The molecule has 1 aliphatic rings. The van der Waals surface area contributed by atoms with Crippen LogP contribution in [0.15, 0.2) is 47.5 Å². The fraction of sp³-hybridized carbons (Fsp3) is 0.290. The van der Waals surface area contributed by atoms with Crippen LogP contribution < -0.4 is 26.4 Å². The Bertz CT molecular complexity index is 1730. The monoisotopic (exact) mass is 553 g/mol. The number of nitrogens with one attached hydrogen (secondary N) is 1. The normalized spacial score (nSPS) is 13.4. The van der Waals surface area contributed by atoms with Crippen molar-refractivity contribution in [3.8, 4) is 23.3 Å². The third-order valence-corrected chi connectivity index (χ3v) is 7.29. The number of pyridine rings is 1. The van der Waals surface area contributed by atoms with Gasteiger partial charge in [0.05, 0.1) is 24.8 Å². The Morgan fingerprint density at radius 1 is 1.15 bits per heavy atom. The van der Waals surface area contributed by atoms with Crippen LogP contribution >= 0.6 is 0 Å². The number of nitrogens with two attached hydrogens (primary N) is 2. The van der Waals surface area contributed by atoms with E-state index in [2.05, 4.69) is 26.8 Å². The number of anilines is 2. The Labute approximate surface area is 236 Å². The lowest BCUT2D eigenvalue weighted by Crippen LogP contribution is -2.16. The minimum absolute atomic E-state index is 0.109. The number of H-pyrrole nitrogens is 1. The topological polar surface area (TPSA) is 166 Å². The molecule has 0 bridgehead atoms. The van der Waals surface area contributed by atoms with Crippen molar-refractivity contribution < 1.29 is 19.4 Å². The summed E-state index contributed by atoms with van der Waals surface area (Å²) in [6, 6.07) is 8.81. The van der Waals surface area contributed by atoms with Crippen LogP contribution in [-0.4, -0.2) is 39.7 Å². The number of hydrogen-bond donors (Lipinski definition) is 4. The SMILES string of the molecule is COc1cc(Cc2cnc(N)nc2N)cc(C#Cc2ccc3c(=O)c(C(=O)O)c[nH]c3c2)c1OCC1CCCCC1. The van der Waals surface area contributed by atoms with Gasteiger partial charge in [-0.25, -0.2) is 9.78 Å². The van der Waals surface area contributed by atoms with Crippen molar-refractivity contribution in [2.24, 2.45) is 5.92 Å². The number of carboxylic acid groups (broad SMARTS) is 1. The number of hydrogen-bond acceptors (Lipinski definition) is 8. The van der Waals surface area contributed by atoms with E-state index in [1.165, 1.54) is 25.5 Å². The van der Waals surface area contributed by atoms with Crippen LogP contribution in [0.2, 0.25) is 0 Å². The van der Waals surface area contributed by atoms with Gasteiger partial charge in [0.25, 0.3) is 0 Å². The van der Waals surface area contributed by atoms with E-state index < -0.39 is 11.4 Å². The standard InChI is InChI=1S/C31H31N5O5/c1-40-26-14-20(12-22-15-35-31(33)36-29(22)32)11-21(28(26)41-17-19-5-3-2-4-6-19)9-7-18-8-10-23-25(13-18)34-16-24(27(23)37)30(38)39/h8,10-11,13-16,19H,2-6,12,17H2,1H3,(H,34,37)(H,38,39)(H4,32,33,35,36). The first-order valence-electron chi connectivity index (χ1n) is 13.4. The third-order valence-electron chi connectivity index (χ3n) is 7.29. The molecule has 10 nitrogen and oxygen atoms in total. The zero-order valence-electron chi connectivity index (χ0n) is 22.7. The van der Waals surface area contributed by atoms with Crippen LogP contribution in [0.1, 0.15) is 64.7 Å². The summed E-state index contributed by atoms with van der Waals surface area (Å²) in [4.78, 5) is 34.9. The molecule has 6 N–H and O–H groups in total. The third kappa shape index (κ3) is 6.25.